The molecule has 0 fully saturated rings. The largest absolute Gasteiger partial charge is 0.370 e. The van der Waals surface area contributed by atoms with E-state index in [2.05, 4.69) is 33.6 Å². The van der Waals surface area contributed by atoms with Crippen LogP contribution < -0.4 is 10.6 Å². The zero-order valence-corrected chi connectivity index (χ0v) is 14.0. The van der Waals surface area contributed by atoms with Crippen molar-refractivity contribution < 1.29 is 0 Å². The third kappa shape index (κ3) is 4.33. The van der Waals surface area contributed by atoms with Gasteiger partial charge in [-0.1, -0.05) is 43.3 Å². The molecular weight excluding hydrogens is 310 g/mol. The van der Waals surface area contributed by atoms with Crippen molar-refractivity contribution in [2.24, 2.45) is 0 Å². The van der Waals surface area contributed by atoms with Crippen LogP contribution in [0.2, 0.25) is 0 Å². The van der Waals surface area contributed by atoms with Crippen molar-refractivity contribution >= 4 is 17.5 Å². The van der Waals surface area contributed by atoms with E-state index in [-0.39, 0.29) is 0 Å². The SMILES string of the molecule is CCCNc1cc(-c2ccccc2)nc(Nc2cccc(C#N)c2)n1. The highest BCUT2D eigenvalue weighted by atomic mass is 15.1. The molecule has 2 aromatic carbocycles. The molecule has 0 saturated heterocycles. The van der Waals surface area contributed by atoms with Gasteiger partial charge in [-0.25, -0.2) is 4.98 Å². The monoisotopic (exact) mass is 329 g/mol. The van der Waals surface area contributed by atoms with Crippen molar-refractivity contribution in [3.63, 3.8) is 0 Å². The highest BCUT2D eigenvalue weighted by Crippen LogP contribution is 2.23. The summed E-state index contributed by atoms with van der Waals surface area (Å²) in [6, 6.07) is 21.3. The van der Waals surface area contributed by atoms with Crippen LogP contribution >= 0.6 is 0 Å². The van der Waals surface area contributed by atoms with E-state index in [4.69, 9.17) is 5.26 Å². The number of aromatic nitrogens is 2. The molecule has 1 aromatic heterocycles. The first kappa shape index (κ1) is 16.5. The Morgan fingerprint density at radius 2 is 1.84 bits per heavy atom. The second kappa shape index (κ2) is 7.93. The number of nitriles is 1. The number of hydrogen-bond donors (Lipinski definition) is 2. The van der Waals surface area contributed by atoms with Gasteiger partial charge in [0.25, 0.3) is 0 Å². The zero-order valence-electron chi connectivity index (χ0n) is 14.0. The summed E-state index contributed by atoms with van der Waals surface area (Å²) in [7, 11) is 0. The van der Waals surface area contributed by atoms with Gasteiger partial charge in [-0.2, -0.15) is 10.2 Å². The normalized spacial score (nSPS) is 10.1. The van der Waals surface area contributed by atoms with Gasteiger partial charge in [0, 0.05) is 23.9 Å². The summed E-state index contributed by atoms with van der Waals surface area (Å²) in [6.07, 6.45) is 1.01. The predicted molar refractivity (Wildman–Crippen MR) is 101 cm³/mol. The van der Waals surface area contributed by atoms with Crippen molar-refractivity contribution in [3.05, 3.63) is 66.2 Å². The highest BCUT2D eigenvalue weighted by molar-refractivity contribution is 5.66. The van der Waals surface area contributed by atoms with Crippen LogP contribution in [0.5, 0.6) is 0 Å². The van der Waals surface area contributed by atoms with Crippen molar-refractivity contribution in [1.82, 2.24) is 9.97 Å². The van der Waals surface area contributed by atoms with E-state index in [1.165, 1.54) is 0 Å². The van der Waals surface area contributed by atoms with Crippen molar-refractivity contribution in [3.8, 4) is 17.3 Å². The van der Waals surface area contributed by atoms with Crippen LogP contribution in [0, 0.1) is 11.3 Å². The van der Waals surface area contributed by atoms with Gasteiger partial charge >= 0.3 is 0 Å². The average molecular weight is 329 g/mol. The van der Waals surface area contributed by atoms with Crippen LogP contribution in [0.3, 0.4) is 0 Å². The molecule has 5 nitrogen and oxygen atoms in total. The van der Waals surface area contributed by atoms with E-state index < -0.39 is 0 Å². The standard InChI is InChI=1S/C20H19N5/c1-2-11-22-19-13-18(16-8-4-3-5-9-16)24-20(25-19)23-17-10-6-7-15(12-17)14-21/h3-10,12-13H,2,11H2,1H3,(H2,22,23,24,25). The lowest BCUT2D eigenvalue weighted by molar-refractivity contribution is 0.966. The molecule has 0 aliphatic rings. The number of rotatable bonds is 6. The second-order valence-electron chi connectivity index (χ2n) is 5.57. The van der Waals surface area contributed by atoms with Crippen LogP contribution in [0.4, 0.5) is 17.5 Å². The average Bonchev–Trinajstić information content (AvgIpc) is 2.67. The summed E-state index contributed by atoms with van der Waals surface area (Å²) in [5.74, 6) is 1.27. The Balaban J connectivity index is 1.95. The summed E-state index contributed by atoms with van der Waals surface area (Å²) in [6.45, 7) is 2.95. The minimum atomic E-state index is 0.495. The second-order valence-corrected chi connectivity index (χ2v) is 5.57. The lowest BCUT2D eigenvalue weighted by Crippen LogP contribution is -2.06. The molecule has 1 heterocycles. The number of anilines is 3. The van der Waals surface area contributed by atoms with E-state index in [9.17, 15) is 0 Å². The smallest absolute Gasteiger partial charge is 0.229 e. The minimum absolute atomic E-state index is 0.495. The van der Waals surface area contributed by atoms with Gasteiger partial charge in [-0.05, 0) is 24.6 Å². The molecule has 5 heteroatoms. The van der Waals surface area contributed by atoms with E-state index in [1.807, 2.05) is 48.5 Å². The maximum Gasteiger partial charge on any atom is 0.229 e. The summed E-state index contributed by atoms with van der Waals surface area (Å²) in [5.41, 5.74) is 3.24. The molecule has 3 rings (SSSR count). The number of benzene rings is 2. The lowest BCUT2D eigenvalue weighted by Gasteiger charge is -2.11. The fourth-order valence-corrected chi connectivity index (χ4v) is 2.40. The molecule has 0 aliphatic heterocycles. The first-order valence-electron chi connectivity index (χ1n) is 8.24. The zero-order chi connectivity index (χ0) is 17.5. The molecule has 124 valence electrons. The maximum absolute atomic E-state index is 9.04. The Bertz CT molecular complexity index is 884. The Kier molecular flexibility index (Phi) is 5.22. The molecule has 25 heavy (non-hydrogen) atoms. The Labute approximate surface area is 147 Å². The maximum atomic E-state index is 9.04. The summed E-state index contributed by atoms with van der Waals surface area (Å²) >= 11 is 0. The van der Waals surface area contributed by atoms with E-state index in [1.54, 1.807) is 12.1 Å². The molecule has 0 bridgehead atoms. The van der Waals surface area contributed by atoms with Crippen LogP contribution in [0.1, 0.15) is 18.9 Å². The molecule has 0 radical (unpaired) electrons. The molecule has 0 spiro atoms. The molecule has 3 aromatic rings. The number of nitrogens with zero attached hydrogens (tertiary/aromatic N) is 3. The highest BCUT2D eigenvalue weighted by Gasteiger charge is 2.07. The molecule has 0 atom stereocenters. The van der Waals surface area contributed by atoms with Gasteiger partial charge < -0.3 is 10.6 Å². The minimum Gasteiger partial charge on any atom is -0.370 e. The first-order chi connectivity index (χ1) is 12.3. The summed E-state index contributed by atoms with van der Waals surface area (Å²) in [4.78, 5) is 9.15. The molecule has 2 N–H and O–H groups in total. The molecule has 0 amide bonds. The number of nitrogens with one attached hydrogen (secondary N) is 2. The van der Waals surface area contributed by atoms with Crippen LogP contribution in [-0.4, -0.2) is 16.5 Å². The van der Waals surface area contributed by atoms with Gasteiger partial charge in [-0.15, -0.1) is 0 Å². The Hall–Kier alpha value is -3.39. The van der Waals surface area contributed by atoms with E-state index >= 15 is 0 Å². The van der Waals surface area contributed by atoms with E-state index in [0.717, 1.165) is 35.7 Å². The fourth-order valence-electron chi connectivity index (χ4n) is 2.40. The Morgan fingerprint density at radius 3 is 2.60 bits per heavy atom. The fraction of sp³-hybridized carbons (Fsp3) is 0.150. The van der Waals surface area contributed by atoms with Gasteiger partial charge in [0.05, 0.1) is 17.3 Å². The third-order valence-corrected chi connectivity index (χ3v) is 3.60. The summed E-state index contributed by atoms with van der Waals surface area (Å²) in [5, 5.41) is 15.5. The van der Waals surface area contributed by atoms with E-state index in [0.29, 0.717) is 11.5 Å². The first-order valence-corrected chi connectivity index (χ1v) is 8.24. The quantitative estimate of drug-likeness (QED) is 0.692. The van der Waals surface area contributed by atoms with Gasteiger partial charge in [0.1, 0.15) is 5.82 Å². The van der Waals surface area contributed by atoms with Crippen molar-refractivity contribution in [2.75, 3.05) is 17.2 Å². The Morgan fingerprint density at radius 1 is 1.00 bits per heavy atom. The topological polar surface area (TPSA) is 73.6 Å². The van der Waals surface area contributed by atoms with Gasteiger partial charge in [0.15, 0.2) is 0 Å². The molecular formula is C20H19N5. The molecule has 0 unspecified atom stereocenters. The van der Waals surface area contributed by atoms with Crippen LogP contribution in [-0.2, 0) is 0 Å². The number of hydrogen-bond acceptors (Lipinski definition) is 5. The van der Waals surface area contributed by atoms with Gasteiger partial charge in [-0.3, -0.25) is 0 Å². The summed E-state index contributed by atoms with van der Waals surface area (Å²) < 4.78 is 0. The molecule has 0 aliphatic carbocycles. The van der Waals surface area contributed by atoms with Crippen molar-refractivity contribution in [1.29, 1.82) is 5.26 Å². The van der Waals surface area contributed by atoms with Gasteiger partial charge in [0.2, 0.25) is 5.95 Å². The lowest BCUT2D eigenvalue weighted by atomic mass is 10.1. The molecule has 0 saturated carbocycles. The third-order valence-electron chi connectivity index (χ3n) is 3.60. The predicted octanol–water partition coefficient (Wildman–Crippen LogP) is 4.58. The van der Waals surface area contributed by atoms with Crippen LogP contribution in [0.25, 0.3) is 11.3 Å². The van der Waals surface area contributed by atoms with Crippen LogP contribution in [0.15, 0.2) is 60.7 Å². The van der Waals surface area contributed by atoms with Crippen molar-refractivity contribution in [2.45, 2.75) is 13.3 Å².